The Morgan fingerprint density at radius 2 is 1.90 bits per heavy atom. The third-order valence-corrected chi connectivity index (χ3v) is 5.36. The maximum atomic E-state index is 5.81. The van der Waals surface area contributed by atoms with Crippen molar-refractivity contribution < 1.29 is 4.42 Å². The summed E-state index contributed by atoms with van der Waals surface area (Å²) < 4.78 is 7.92. The molecule has 0 N–H and O–H groups in total. The predicted octanol–water partition coefficient (Wildman–Crippen LogP) is 3.66. The number of nitrogens with zero attached hydrogens (tertiary/aromatic N) is 6. The molecule has 0 bridgehead atoms. The third-order valence-electron chi connectivity index (χ3n) is 5.36. The van der Waals surface area contributed by atoms with Gasteiger partial charge in [-0.2, -0.15) is 0 Å². The van der Waals surface area contributed by atoms with Crippen molar-refractivity contribution in [2.45, 2.75) is 52.2 Å². The summed E-state index contributed by atoms with van der Waals surface area (Å²) in [5.74, 6) is 2.81. The van der Waals surface area contributed by atoms with Crippen LogP contribution < -0.4 is 4.90 Å². The fourth-order valence-corrected chi connectivity index (χ4v) is 3.85. The highest BCUT2D eigenvalue weighted by atomic mass is 16.3. The van der Waals surface area contributed by atoms with E-state index in [2.05, 4.69) is 35.4 Å². The summed E-state index contributed by atoms with van der Waals surface area (Å²) in [6.45, 7) is 7.63. The highest BCUT2D eigenvalue weighted by molar-refractivity contribution is 5.30. The minimum Gasteiger partial charge on any atom is -0.465 e. The number of rotatable bonds is 9. The second-order valence-corrected chi connectivity index (χ2v) is 7.82. The molecule has 3 aromatic rings. The largest absolute Gasteiger partial charge is 0.465 e. The van der Waals surface area contributed by atoms with Gasteiger partial charge in [0.15, 0.2) is 0 Å². The summed E-state index contributed by atoms with van der Waals surface area (Å²) in [6, 6.07) is 4.09. The molecule has 0 aromatic carbocycles. The lowest BCUT2D eigenvalue weighted by Crippen LogP contribution is -2.31. The number of aryl methyl sites for hydroxylation is 2. The molecule has 0 aliphatic carbocycles. The Kier molecular flexibility index (Phi) is 6.56. The van der Waals surface area contributed by atoms with E-state index in [9.17, 15) is 0 Å². The first-order valence-electron chi connectivity index (χ1n) is 10.6. The molecule has 4 rings (SSSR count). The molecular formula is C22H30N6O. The molecule has 0 radical (unpaired) electrons. The average Bonchev–Trinajstić information content (AvgIpc) is 3.41. The van der Waals surface area contributed by atoms with Crippen molar-refractivity contribution in [3.8, 4) is 0 Å². The highest BCUT2D eigenvalue weighted by Gasteiger charge is 2.14. The van der Waals surface area contributed by atoms with E-state index in [1.165, 1.54) is 19.3 Å². The topological polar surface area (TPSA) is 63.2 Å². The monoisotopic (exact) mass is 394 g/mol. The molecule has 29 heavy (non-hydrogen) atoms. The van der Waals surface area contributed by atoms with Gasteiger partial charge in [-0.1, -0.05) is 0 Å². The Morgan fingerprint density at radius 3 is 2.59 bits per heavy atom. The quantitative estimate of drug-likeness (QED) is 0.552. The zero-order valence-electron chi connectivity index (χ0n) is 17.2. The summed E-state index contributed by atoms with van der Waals surface area (Å²) in [5.41, 5.74) is 1.14. The molecule has 0 atom stereocenters. The van der Waals surface area contributed by atoms with Crippen molar-refractivity contribution in [3.63, 3.8) is 0 Å². The van der Waals surface area contributed by atoms with Gasteiger partial charge in [-0.05, 0) is 44.7 Å². The fraction of sp³-hybridized carbons (Fsp3) is 0.500. The summed E-state index contributed by atoms with van der Waals surface area (Å²) in [4.78, 5) is 18.1. The molecule has 7 heteroatoms. The Balaban J connectivity index is 1.37. The Morgan fingerprint density at radius 1 is 1.07 bits per heavy atom. The van der Waals surface area contributed by atoms with Crippen LogP contribution in [0.2, 0.25) is 0 Å². The molecule has 4 heterocycles. The second-order valence-electron chi connectivity index (χ2n) is 7.82. The van der Waals surface area contributed by atoms with E-state index in [1.807, 2.05) is 44.1 Å². The van der Waals surface area contributed by atoms with Crippen molar-refractivity contribution in [3.05, 3.63) is 60.3 Å². The zero-order valence-corrected chi connectivity index (χ0v) is 17.2. The van der Waals surface area contributed by atoms with E-state index in [4.69, 9.17) is 4.42 Å². The lowest BCUT2D eigenvalue weighted by molar-refractivity contribution is 0.227. The van der Waals surface area contributed by atoms with E-state index < -0.39 is 0 Å². The number of piperidine rings is 1. The van der Waals surface area contributed by atoms with Crippen LogP contribution in [0.15, 0.2) is 47.7 Å². The van der Waals surface area contributed by atoms with Crippen molar-refractivity contribution >= 4 is 5.95 Å². The number of anilines is 1. The van der Waals surface area contributed by atoms with Gasteiger partial charge in [-0.25, -0.2) is 15.0 Å². The van der Waals surface area contributed by atoms with Gasteiger partial charge in [0, 0.05) is 63.1 Å². The van der Waals surface area contributed by atoms with Crippen LogP contribution in [0, 0.1) is 6.92 Å². The molecule has 0 spiro atoms. The molecule has 1 aliphatic heterocycles. The van der Waals surface area contributed by atoms with Gasteiger partial charge < -0.3 is 13.9 Å². The standard InChI is InChI=1S/C22H30N6O/c1-19-6-7-21(29-19)17-27(10-5-9-26-13-8-23-18-26)16-20-14-24-22(25-15-20)28-11-3-2-4-12-28/h6-8,13-15,18H,2-5,9-12,16-17H2,1H3. The lowest BCUT2D eigenvalue weighted by Gasteiger charge is -2.26. The molecule has 7 nitrogen and oxygen atoms in total. The van der Waals surface area contributed by atoms with Gasteiger partial charge >= 0.3 is 0 Å². The average molecular weight is 395 g/mol. The first-order valence-corrected chi connectivity index (χ1v) is 10.6. The van der Waals surface area contributed by atoms with Crippen LogP contribution in [0.1, 0.15) is 42.8 Å². The van der Waals surface area contributed by atoms with Crippen molar-refractivity contribution in [1.29, 1.82) is 0 Å². The Hall–Kier alpha value is -2.67. The Bertz CT molecular complexity index is 852. The minimum absolute atomic E-state index is 0.783. The van der Waals surface area contributed by atoms with Gasteiger partial charge in [0.05, 0.1) is 12.9 Å². The van der Waals surface area contributed by atoms with Crippen molar-refractivity contribution in [1.82, 2.24) is 24.4 Å². The number of hydrogen-bond donors (Lipinski definition) is 0. The van der Waals surface area contributed by atoms with Crippen LogP contribution in [0.25, 0.3) is 0 Å². The van der Waals surface area contributed by atoms with Crippen LogP contribution in [-0.4, -0.2) is 44.1 Å². The van der Waals surface area contributed by atoms with Crippen LogP contribution in [-0.2, 0) is 19.6 Å². The molecule has 0 amide bonds. The van der Waals surface area contributed by atoms with Crippen LogP contribution in [0.4, 0.5) is 5.95 Å². The van der Waals surface area contributed by atoms with E-state index in [0.29, 0.717) is 0 Å². The molecule has 1 fully saturated rings. The van der Waals surface area contributed by atoms with Crippen molar-refractivity contribution in [2.24, 2.45) is 0 Å². The summed E-state index contributed by atoms with van der Waals surface area (Å²) >= 11 is 0. The second kappa shape index (κ2) is 9.69. The van der Waals surface area contributed by atoms with Crippen LogP contribution in [0.5, 0.6) is 0 Å². The maximum Gasteiger partial charge on any atom is 0.225 e. The van der Waals surface area contributed by atoms with Gasteiger partial charge in [-0.15, -0.1) is 0 Å². The number of imidazole rings is 1. The summed E-state index contributed by atoms with van der Waals surface area (Å²) in [5, 5.41) is 0. The van der Waals surface area contributed by atoms with Gasteiger partial charge in [0.2, 0.25) is 5.95 Å². The summed E-state index contributed by atoms with van der Waals surface area (Å²) in [6.07, 6.45) is 14.5. The molecule has 0 unspecified atom stereocenters. The Labute approximate surface area is 172 Å². The molecule has 1 saturated heterocycles. The predicted molar refractivity (Wildman–Crippen MR) is 112 cm³/mol. The van der Waals surface area contributed by atoms with Crippen LogP contribution in [0.3, 0.4) is 0 Å². The molecule has 3 aromatic heterocycles. The maximum absolute atomic E-state index is 5.81. The van der Waals surface area contributed by atoms with E-state index in [-0.39, 0.29) is 0 Å². The number of hydrogen-bond acceptors (Lipinski definition) is 6. The molecule has 1 aliphatic rings. The SMILES string of the molecule is Cc1ccc(CN(CCCn2ccnc2)Cc2cnc(N3CCCCC3)nc2)o1. The third kappa shape index (κ3) is 5.67. The lowest BCUT2D eigenvalue weighted by atomic mass is 10.1. The minimum atomic E-state index is 0.783. The molecular weight excluding hydrogens is 364 g/mol. The normalized spacial score (nSPS) is 14.6. The fourth-order valence-electron chi connectivity index (χ4n) is 3.85. The molecule has 154 valence electrons. The first-order chi connectivity index (χ1) is 14.3. The van der Waals surface area contributed by atoms with E-state index in [1.54, 1.807) is 0 Å². The van der Waals surface area contributed by atoms with E-state index >= 15 is 0 Å². The van der Waals surface area contributed by atoms with Gasteiger partial charge in [0.25, 0.3) is 0 Å². The van der Waals surface area contributed by atoms with Gasteiger partial charge in [0.1, 0.15) is 11.5 Å². The first kappa shape index (κ1) is 19.6. The zero-order chi connectivity index (χ0) is 19.9. The number of furan rings is 1. The van der Waals surface area contributed by atoms with Gasteiger partial charge in [-0.3, -0.25) is 4.90 Å². The van der Waals surface area contributed by atoms with E-state index in [0.717, 1.165) is 68.7 Å². The number of aromatic nitrogens is 4. The summed E-state index contributed by atoms with van der Waals surface area (Å²) in [7, 11) is 0. The smallest absolute Gasteiger partial charge is 0.225 e. The van der Waals surface area contributed by atoms with Crippen LogP contribution >= 0.6 is 0 Å². The highest BCUT2D eigenvalue weighted by Crippen LogP contribution is 2.17. The van der Waals surface area contributed by atoms with Crippen molar-refractivity contribution in [2.75, 3.05) is 24.5 Å². The molecule has 0 saturated carbocycles.